The van der Waals surface area contributed by atoms with Gasteiger partial charge in [-0.05, 0) is 29.8 Å². The predicted molar refractivity (Wildman–Crippen MR) is 82.2 cm³/mol. The fourth-order valence-corrected chi connectivity index (χ4v) is 2.86. The van der Waals surface area contributed by atoms with Gasteiger partial charge in [-0.25, -0.2) is 4.39 Å². The van der Waals surface area contributed by atoms with Crippen LogP contribution in [0.3, 0.4) is 0 Å². The molecule has 104 valence electrons. The Labute approximate surface area is 130 Å². The summed E-state index contributed by atoms with van der Waals surface area (Å²) in [6, 6.07) is 9.56. The zero-order chi connectivity index (χ0) is 14.7. The predicted octanol–water partition coefficient (Wildman–Crippen LogP) is 3.10. The molecule has 0 fully saturated rings. The smallest absolute Gasteiger partial charge is 0.423 e. The van der Waals surface area contributed by atoms with Gasteiger partial charge in [0.1, 0.15) is 5.82 Å². The minimum atomic E-state index is -1.81. The highest BCUT2D eigenvalue weighted by Gasteiger charge is 2.16. The van der Waals surface area contributed by atoms with Gasteiger partial charge in [0.25, 0.3) is 0 Å². The number of hydrogen-bond donors (Lipinski definition) is 2. The maximum absolute atomic E-state index is 13.3. The Balaban J connectivity index is 2.10. The molecule has 0 saturated heterocycles. The van der Waals surface area contributed by atoms with E-state index in [2.05, 4.69) is 0 Å². The van der Waals surface area contributed by atoms with E-state index in [1.807, 2.05) is 6.07 Å². The minimum Gasteiger partial charge on any atom is -0.423 e. The van der Waals surface area contributed by atoms with Gasteiger partial charge >= 0.3 is 7.12 Å². The largest absolute Gasteiger partial charge is 0.491 e. The summed E-state index contributed by atoms with van der Waals surface area (Å²) in [5.74, 6) is -0.0823. The molecule has 0 spiro atoms. The van der Waals surface area contributed by atoms with Gasteiger partial charge in [-0.1, -0.05) is 35.3 Å². The molecule has 0 aromatic heterocycles. The van der Waals surface area contributed by atoms with Crippen molar-refractivity contribution in [2.75, 3.05) is 0 Å². The van der Waals surface area contributed by atoms with E-state index >= 15 is 0 Å². The molecule has 0 heterocycles. The third-order valence-corrected chi connectivity index (χ3v) is 4.44. The molecule has 7 heteroatoms. The zero-order valence-corrected chi connectivity index (χ0v) is 12.5. The van der Waals surface area contributed by atoms with Crippen molar-refractivity contribution in [3.05, 3.63) is 57.8 Å². The maximum atomic E-state index is 13.3. The van der Waals surface area contributed by atoms with E-state index in [9.17, 15) is 4.39 Å². The van der Waals surface area contributed by atoms with Crippen LogP contribution >= 0.6 is 35.0 Å². The molecule has 0 aliphatic heterocycles. The molecular formula is C13H10BCl2FO2S. The molecule has 2 rings (SSSR count). The summed E-state index contributed by atoms with van der Waals surface area (Å²) >= 11 is 13.2. The lowest BCUT2D eigenvalue weighted by molar-refractivity contribution is 0.423. The molecular weight excluding hydrogens is 321 g/mol. The van der Waals surface area contributed by atoms with Crippen LogP contribution in [-0.4, -0.2) is 17.2 Å². The molecule has 2 aromatic rings. The monoisotopic (exact) mass is 330 g/mol. The highest BCUT2D eigenvalue weighted by molar-refractivity contribution is 7.98. The lowest BCUT2D eigenvalue weighted by Crippen LogP contribution is -2.32. The lowest BCUT2D eigenvalue weighted by Gasteiger charge is -2.07. The second kappa shape index (κ2) is 6.83. The van der Waals surface area contributed by atoms with E-state index in [0.29, 0.717) is 15.8 Å². The molecule has 2 aromatic carbocycles. The summed E-state index contributed by atoms with van der Waals surface area (Å²) < 4.78 is 13.3. The van der Waals surface area contributed by atoms with E-state index in [0.717, 1.165) is 10.5 Å². The summed E-state index contributed by atoms with van der Waals surface area (Å²) in [5, 5.41) is 19.1. The van der Waals surface area contributed by atoms with Crippen LogP contribution < -0.4 is 5.46 Å². The Bertz CT molecular complexity index is 625. The van der Waals surface area contributed by atoms with Gasteiger partial charge in [-0.15, -0.1) is 11.8 Å². The van der Waals surface area contributed by atoms with Crippen LogP contribution in [0.15, 0.2) is 41.3 Å². The number of thioether (sulfide) groups is 1. The van der Waals surface area contributed by atoms with Gasteiger partial charge in [-0.2, -0.15) is 0 Å². The van der Waals surface area contributed by atoms with E-state index in [1.54, 1.807) is 18.2 Å². The van der Waals surface area contributed by atoms with Crippen molar-refractivity contribution in [3.8, 4) is 0 Å². The van der Waals surface area contributed by atoms with Crippen molar-refractivity contribution in [3.63, 3.8) is 0 Å². The van der Waals surface area contributed by atoms with E-state index in [1.165, 1.54) is 23.9 Å². The first-order valence-corrected chi connectivity index (χ1v) is 7.44. The van der Waals surface area contributed by atoms with Crippen molar-refractivity contribution in [1.29, 1.82) is 0 Å². The fourth-order valence-electron chi connectivity index (χ4n) is 1.61. The van der Waals surface area contributed by atoms with E-state index in [-0.39, 0.29) is 5.46 Å². The van der Waals surface area contributed by atoms with Gasteiger partial charge in [0, 0.05) is 16.1 Å². The third-order valence-electron chi connectivity index (χ3n) is 2.64. The van der Waals surface area contributed by atoms with Crippen molar-refractivity contribution in [1.82, 2.24) is 0 Å². The summed E-state index contributed by atoms with van der Waals surface area (Å²) in [6.07, 6.45) is 0. The van der Waals surface area contributed by atoms with Crippen LogP contribution in [0.4, 0.5) is 4.39 Å². The normalized spacial score (nSPS) is 10.7. The van der Waals surface area contributed by atoms with Crippen LogP contribution in [0.5, 0.6) is 0 Å². The highest BCUT2D eigenvalue weighted by Crippen LogP contribution is 2.29. The first-order chi connectivity index (χ1) is 9.47. The quantitative estimate of drug-likeness (QED) is 0.668. The van der Waals surface area contributed by atoms with Crippen LogP contribution in [0, 0.1) is 5.82 Å². The molecule has 20 heavy (non-hydrogen) atoms. The summed E-state index contributed by atoms with van der Waals surface area (Å²) in [6.45, 7) is 0. The van der Waals surface area contributed by atoms with Crippen molar-refractivity contribution < 1.29 is 14.4 Å². The Hall–Kier alpha value is -0.715. The average molecular weight is 331 g/mol. The highest BCUT2D eigenvalue weighted by atomic mass is 35.5. The summed E-state index contributed by atoms with van der Waals surface area (Å²) in [4.78, 5) is 0.926. The van der Waals surface area contributed by atoms with Gasteiger partial charge in [0.15, 0.2) is 0 Å². The molecule has 0 aliphatic carbocycles. The van der Waals surface area contributed by atoms with Gasteiger partial charge in [0.2, 0.25) is 0 Å². The van der Waals surface area contributed by atoms with Crippen LogP contribution in [-0.2, 0) is 5.75 Å². The number of halogens is 3. The van der Waals surface area contributed by atoms with Crippen molar-refractivity contribution in [2.24, 2.45) is 0 Å². The van der Waals surface area contributed by atoms with Gasteiger partial charge in [0.05, 0.1) is 10.0 Å². The average Bonchev–Trinajstić information content (AvgIpc) is 2.41. The zero-order valence-electron chi connectivity index (χ0n) is 10.2. The minimum absolute atomic E-state index is 0.128. The molecule has 0 bridgehead atoms. The second-order valence-corrected chi connectivity index (χ2v) is 5.96. The van der Waals surface area contributed by atoms with Crippen molar-refractivity contribution in [2.45, 2.75) is 10.6 Å². The SMILES string of the molecule is OB(O)c1cc(CSc2ccc(Cl)c(Cl)c2)ccc1F. The van der Waals surface area contributed by atoms with E-state index < -0.39 is 12.9 Å². The molecule has 0 amide bonds. The summed E-state index contributed by atoms with van der Waals surface area (Å²) in [7, 11) is -1.81. The van der Waals surface area contributed by atoms with Gasteiger partial charge in [-0.3, -0.25) is 0 Å². The first kappa shape index (κ1) is 15.7. The van der Waals surface area contributed by atoms with Crippen molar-refractivity contribution >= 4 is 47.5 Å². The number of hydrogen-bond acceptors (Lipinski definition) is 3. The Morgan fingerprint density at radius 2 is 1.80 bits per heavy atom. The van der Waals surface area contributed by atoms with E-state index in [4.69, 9.17) is 33.2 Å². The Morgan fingerprint density at radius 3 is 2.45 bits per heavy atom. The molecule has 2 nitrogen and oxygen atoms in total. The number of rotatable bonds is 4. The lowest BCUT2D eigenvalue weighted by atomic mass is 9.79. The molecule has 0 saturated carbocycles. The summed E-state index contributed by atoms with van der Waals surface area (Å²) in [5.41, 5.74) is 0.655. The first-order valence-electron chi connectivity index (χ1n) is 5.69. The second-order valence-electron chi connectivity index (χ2n) is 4.09. The molecule has 0 unspecified atom stereocenters. The van der Waals surface area contributed by atoms with Crippen LogP contribution in [0.25, 0.3) is 0 Å². The Kier molecular flexibility index (Phi) is 5.35. The number of benzene rings is 2. The van der Waals surface area contributed by atoms with Gasteiger partial charge < -0.3 is 10.0 Å². The topological polar surface area (TPSA) is 40.5 Å². The molecule has 0 atom stereocenters. The molecule has 0 radical (unpaired) electrons. The molecule has 2 N–H and O–H groups in total. The third kappa shape index (κ3) is 3.90. The Morgan fingerprint density at radius 1 is 1.05 bits per heavy atom. The van der Waals surface area contributed by atoms with Crippen LogP contribution in [0.1, 0.15) is 5.56 Å². The maximum Gasteiger partial charge on any atom is 0.491 e. The van der Waals surface area contributed by atoms with Crippen LogP contribution in [0.2, 0.25) is 10.0 Å². The fraction of sp³-hybridized carbons (Fsp3) is 0.0769. The molecule has 0 aliphatic rings. The standard InChI is InChI=1S/C13H10BCl2FO2S/c15-11-3-2-9(6-12(11)16)20-7-8-1-4-13(17)10(5-8)14(18)19/h1-6,18-19H,7H2.